The lowest BCUT2D eigenvalue weighted by Gasteiger charge is -2.20. The minimum atomic E-state index is 0.748. The van der Waals surface area contributed by atoms with Gasteiger partial charge in [0.05, 0.1) is 12.8 Å². The van der Waals surface area contributed by atoms with E-state index in [9.17, 15) is 0 Å². The molecular formula is C15H21N3O. The van der Waals surface area contributed by atoms with Crippen LogP contribution in [0.15, 0.2) is 24.5 Å². The fourth-order valence-corrected chi connectivity index (χ4v) is 2.78. The van der Waals surface area contributed by atoms with Gasteiger partial charge >= 0.3 is 0 Å². The third-order valence-electron chi connectivity index (χ3n) is 3.92. The molecule has 0 aliphatic carbocycles. The molecule has 2 aromatic rings. The van der Waals surface area contributed by atoms with Crippen LogP contribution < -0.4 is 4.74 Å². The minimum Gasteiger partial charge on any atom is -0.492 e. The Hall–Kier alpha value is -1.55. The molecule has 1 fully saturated rings. The fourth-order valence-electron chi connectivity index (χ4n) is 2.78. The van der Waals surface area contributed by atoms with Gasteiger partial charge in [0.15, 0.2) is 0 Å². The Kier molecular flexibility index (Phi) is 3.69. The van der Waals surface area contributed by atoms with Crippen LogP contribution in [0.4, 0.5) is 0 Å². The van der Waals surface area contributed by atoms with E-state index in [2.05, 4.69) is 21.8 Å². The van der Waals surface area contributed by atoms with Gasteiger partial charge < -0.3 is 14.6 Å². The second-order valence-electron chi connectivity index (χ2n) is 5.32. The van der Waals surface area contributed by atoms with Crippen molar-refractivity contribution in [2.24, 2.45) is 0 Å². The van der Waals surface area contributed by atoms with E-state index in [1.165, 1.54) is 19.4 Å². The zero-order valence-electron chi connectivity index (χ0n) is 11.4. The number of pyridine rings is 1. The number of aromatic amines is 1. The average molecular weight is 259 g/mol. The quantitative estimate of drug-likeness (QED) is 0.839. The van der Waals surface area contributed by atoms with Crippen LogP contribution in [0.2, 0.25) is 0 Å². The zero-order valence-corrected chi connectivity index (χ0v) is 11.4. The number of aromatic nitrogens is 2. The highest BCUT2D eigenvalue weighted by Crippen LogP contribution is 2.18. The first-order chi connectivity index (χ1) is 9.33. The van der Waals surface area contributed by atoms with E-state index in [4.69, 9.17) is 4.74 Å². The van der Waals surface area contributed by atoms with Gasteiger partial charge in [-0.3, -0.25) is 0 Å². The fraction of sp³-hybridized carbons (Fsp3) is 0.533. The van der Waals surface area contributed by atoms with Crippen molar-refractivity contribution in [1.82, 2.24) is 14.9 Å². The predicted octanol–water partition coefficient (Wildman–Crippen LogP) is 2.82. The van der Waals surface area contributed by atoms with E-state index in [0.29, 0.717) is 0 Å². The molecule has 1 saturated heterocycles. The Morgan fingerprint density at radius 2 is 2.47 bits per heavy atom. The Morgan fingerprint density at radius 1 is 1.53 bits per heavy atom. The van der Waals surface area contributed by atoms with E-state index in [0.717, 1.165) is 42.4 Å². The molecule has 1 atom stereocenters. The molecule has 1 aliphatic heterocycles. The molecule has 1 N–H and O–H groups in total. The van der Waals surface area contributed by atoms with E-state index >= 15 is 0 Å². The van der Waals surface area contributed by atoms with E-state index < -0.39 is 0 Å². The number of ether oxygens (including phenoxy) is 1. The number of nitrogens with one attached hydrogen (secondary N) is 1. The number of hydrogen-bond donors (Lipinski definition) is 1. The van der Waals surface area contributed by atoms with Gasteiger partial charge in [-0.1, -0.05) is 0 Å². The summed E-state index contributed by atoms with van der Waals surface area (Å²) in [7, 11) is 0. The molecule has 19 heavy (non-hydrogen) atoms. The number of nitrogens with zero attached hydrogens (tertiary/aromatic N) is 2. The molecule has 0 radical (unpaired) electrons. The summed E-state index contributed by atoms with van der Waals surface area (Å²) < 4.78 is 5.78. The maximum Gasteiger partial charge on any atom is 0.138 e. The molecule has 0 spiro atoms. The highest BCUT2D eigenvalue weighted by molar-refractivity contribution is 5.76. The third kappa shape index (κ3) is 2.89. The first kappa shape index (κ1) is 12.5. The molecule has 3 rings (SSSR count). The third-order valence-corrected chi connectivity index (χ3v) is 3.92. The van der Waals surface area contributed by atoms with E-state index in [1.54, 1.807) is 6.20 Å². The average Bonchev–Trinajstić information content (AvgIpc) is 3.03. The van der Waals surface area contributed by atoms with Crippen molar-refractivity contribution in [2.75, 3.05) is 19.7 Å². The van der Waals surface area contributed by atoms with E-state index in [1.807, 2.05) is 18.3 Å². The molecule has 0 amide bonds. The largest absolute Gasteiger partial charge is 0.492 e. The maximum atomic E-state index is 5.78. The molecule has 0 bridgehead atoms. The van der Waals surface area contributed by atoms with E-state index in [-0.39, 0.29) is 0 Å². The summed E-state index contributed by atoms with van der Waals surface area (Å²) in [6.07, 6.45) is 7.45. The van der Waals surface area contributed by atoms with Crippen molar-refractivity contribution in [3.8, 4) is 5.75 Å². The molecule has 2 aromatic heterocycles. The first-order valence-electron chi connectivity index (χ1n) is 7.13. The molecule has 0 saturated carbocycles. The van der Waals surface area contributed by atoms with Crippen LogP contribution in [-0.2, 0) is 0 Å². The zero-order chi connectivity index (χ0) is 13.1. The van der Waals surface area contributed by atoms with Crippen molar-refractivity contribution in [3.63, 3.8) is 0 Å². The minimum absolute atomic E-state index is 0.748. The van der Waals surface area contributed by atoms with Crippen LogP contribution in [0.5, 0.6) is 5.75 Å². The molecular weight excluding hydrogens is 238 g/mol. The number of likely N-dealkylation sites (tertiary alicyclic amines) is 1. The number of H-pyrrole nitrogens is 1. The van der Waals surface area contributed by atoms with Gasteiger partial charge in [-0.25, -0.2) is 4.98 Å². The number of rotatable bonds is 5. The van der Waals surface area contributed by atoms with Gasteiger partial charge in [0.1, 0.15) is 11.4 Å². The van der Waals surface area contributed by atoms with Crippen molar-refractivity contribution < 1.29 is 4.74 Å². The van der Waals surface area contributed by atoms with Gasteiger partial charge in [-0.15, -0.1) is 0 Å². The van der Waals surface area contributed by atoms with Crippen molar-refractivity contribution >= 4 is 11.0 Å². The summed E-state index contributed by atoms with van der Waals surface area (Å²) in [6, 6.07) is 4.80. The second-order valence-corrected chi connectivity index (χ2v) is 5.32. The van der Waals surface area contributed by atoms with Crippen LogP contribution in [0, 0.1) is 0 Å². The van der Waals surface area contributed by atoms with Crippen molar-refractivity contribution in [1.29, 1.82) is 0 Å². The lowest BCUT2D eigenvalue weighted by atomic mass is 10.2. The second kappa shape index (κ2) is 5.61. The van der Waals surface area contributed by atoms with Crippen molar-refractivity contribution in [2.45, 2.75) is 32.2 Å². The molecule has 102 valence electrons. The summed E-state index contributed by atoms with van der Waals surface area (Å²) in [5, 5.41) is 1.10. The summed E-state index contributed by atoms with van der Waals surface area (Å²) in [5.74, 6) is 0.863. The Bertz CT molecular complexity index is 537. The summed E-state index contributed by atoms with van der Waals surface area (Å²) in [6.45, 7) is 5.47. The molecule has 4 heteroatoms. The lowest BCUT2D eigenvalue weighted by Crippen LogP contribution is -2.28. The molecule has 0 aromatic carbocycles. The number of fused-ring (bicyclic) bond motifs is 1. The van der Waals surface area contributed by atoms with Crippen LogP contribution in [0.3, 0.4) is 0 Å². The van der Waals surface area contributed by atoms with Crippen LogP contribution in [0.1, 0.15) is 26.2 Å². The highest BCUT2D eigenvalue weighted by Gasteiger charge is 2.18. The van der Waals surface area contributed by atoms with Crippen LogP contribution in [0.25, 0.3) is 11.0 Å². The molecule has 3 heterocycles. The van der Waals surface area contributed by atoms with Crippen LogP contribution >= 0.6 is 0 Å². The normalized spacial score (nSPS) is 20.2. The number of hydrogen-bond acceptors (Lipinski definition) is 3. The van der Waals surface area contributed by atoms with Gasteiger partial charge in [0, 0.05) is 24.2 Å². The Morgan fingerprint density at radius 3 is 3.32 bits per heavy atom. The Labute approximate surface area is 113 Å². The monoisotopic (exact) mass is 259 g/mol. The summed E-state index contributed by atoms with van der Waals surface area (Å²) in [4.78, 5) is 9.95. The van der Waals surface area contributed by atoms with Gasteiger partial charge in [0.2, 0.25) is 0 Å². The molecule has 0 unspecified atom stereocenters. The first-order valence-corrected chi connectivity index (χ1v) is 7.13. The van der Waals surface area contributed by atoms with Gasteiger partial charge in [-0.05, 0) is 44.9 Å². The Balaban J connectivity index is 1.46. The summed E-state index contributed by atoms with van der Waals surface area (Å²) >= 11 is 0. The summed E-state index contributed by atoms with van der Waals surface area (Å²) in [5.41, 5.74) is 0.915. The van der Waals surface area contributed by atoms with Gasteiger partial charge in [0.25, 0.3) is 0 Å². The van der Waals surface area contributed by atoms with Crippen LogP contribution in [-0.4, -0.2) is 40.6 Å². The highest BCUT2D eigenvalue weighted by atomic mass is 16.5. The predicted molar refractivity (Wildman–Crippen MR) is 76.5 cm³/mol. The van der Waals surface area contributed by atoms with Gasteiger partial charge in [-0.2, -0.15) is 0 Å². The molecule has 1 aliphatic rings. The maximum absolute atomic E-state index is 5.78. The smallest absolute Gasteiger partial charge is 0.138 e. The topological polar surface area (TPSA) is 41.1 Å². The molecule has 4 nitrogen and oxygen atoms in total. The SMILES string of the molecule is C[C@@H]1CCCN1CCCOc1cnc2[nH]ccc2c1. The van der Waals surface area contributed by atoms with Crippen molar-refractivity contribution in [3.05, 3.63) is 24.5 Å². The standard InChI is InChI=1S/C15H21N3O/c1-12-4-2-7-18(12)8-3-9-19-14-10-13-5-6-16-15(13)17-11-14/h5-6,10-12H,2-4,7-9H2,1H3,(H,16,17)/t12-/m1/s1. The lowest BCUT2D eigenvalue weighted by molar-refractivity contribution is 0.230.